The second kappa shape index (κ2) is 5.64. The van der Waals surface area contributed by atoms with E-state index in [4.69, 9.17) is 4.99 Å². The first kappa shape index (κ1) is 14.3. The van der Waals surface area contributed by atoms with Crippen molar-refractivity contribution < 1.29 is 4.79 Å². The highest BCUT2D eigenvalue weighted by atomic mass is 16.2. The summed E-state index contributed by atoms with van der Waals surface area (Å²) in [7, 11) is 0. The summed E-state index contributed by atoms with van der Waals surface area (Å²) in [5.74, 6) is -0.0906. The van der Waals surface area contributed by atoms with Crippen LogP contribution in [-0.4, -0.2) is 59.9 Å². The van der Waals surface area contributed by atoms with Gasteiger partial charge in [-0.1, -0.05) is 19.8 Å². The minimum atomic E-state index is -0.624. The van der Waals surface area contributed by atoms with E-state index in [0.717, 1.165) is 58.4 Å². The lowest BCUT2D eigenvalue weighted by Gasteiger charge is -2.40. The number of hydrogen-bond donors (Lipinski definition) is 1. The summed E-state index contributed by atoms with van der Waals surface area (Å²) in [5.41, 5.74) is -0.464. The summed E-state index contributed by atoms with van der Waals surface area (Å²) in [6, 6.07) is 2.18. The van der Waals surface area contributed by atoms with Gasteiger partial charge in [0.05, 0.1) is 11.6 Å². The van der Waals surface area contributed by atoms with Crippen LogP contribution in [0.15, 0.2) is 4.99 Å². The van der Waals surface area contributed by atoms with Crippen molar-refractivity contribution in [2.75, 3.05) is 32.7 Å². The molecule has 0 bridgehead atoms. The van der Waals surface area contributed by atoms with Crippen molar-refractivity contribution in [2.45, 2.75) is 38.1 Å². The van der Waals surface area contributed by atoms with Crippen molar-refractivity contribution >= 4 is 11.9 Å². The van der Waals surface area contributed by atoms with Gasteiger partial charge in [-0.3, -0.25) is 10.1 Å². The van der Waals surface area contributed by atoms with E-state index in [9.17, 15) is 10.1 Å². The zero-order chi connectivity index (χ0) is 14.9. The SMILES string of the molecule is CCN1CCN(C2=NC3(CCCC3)[C@@H](C#N)C(=O)N2)CC1. The summed E-state index contributed by atoms with van der Waals surface area (Å²) in [5, 5.41) is 12.2. The first-order chi connectivity index (χ1) is 10.2. The Hall–Kier alpha value is -1.61. The van der Waals surface area contributed by atoms with Crippen LogP contribution < -0.4 is 5.32 Å². The molecule has 0 aromatic carbocycles. The number of rotatable bonds is 1. The number of carbonyl (C=O) groups excluding carboxylic acids is 1. The van der Waals surface area contributed by atoms with Crippen LogP contribution in [0.2, 0.25) is 0 Å². The monoisotopic (exact) mass is 289 g/mol. The molecule has 1 N–H and O–H groups in total. The highest BCUT2D eigenvalue weighted by Gasteiger charge is 2.49. The fourth-order valence-electron chi connectivity index (χ4n) is 3.72. The van der Waals surface area contributed by atoms with E-state index in [-0.39, 0.29) is 5.91 Å². The normalized spacial score (nSPS) is 29.1. The Balaban J connectivity index is 1.81. The van der Waals surface area contributed by atoms with Crippen molar-refractivity contribution in [1.29, 1.82) is 5.26 Å². The summed E-state index contributed by atoms with van der Waals surface area (Å²) in [6.07, 6.45) is 3.84. The molecule has 6 nitrogen and oxygen atoms in total. The van der Waals surface area contributed by atoms with Crippen LogP contribution in [-0.2, 0) is 4.79 Å². The van der Waals surface area contributed by atoms with Gasteiger partial charge in [-0.15, -0.1) is 0 Å². The van der Waals surface area contributed by atoms with Crippen LogP contribution in [0.5, 0.6) is 0 Å². The maximum Gasteiger partial charge on any atom is 0.246 e. The fraction of sp³-hybridized carbons (Fsp3) is 0.800. The van der Waals surface area contributed by atoms with Crippen LogP contribution in [0, 0.1) is 17.2 Å². The zero-order valence-electron chi connectivity index (χ0n) is 12.6. The number of nitriles is 1. The molecule has 0 radical (unpaired) electrons. The van der Waals surface area contributed by atoms with Crippen molar-refractivity contribution in [1.82, 2.24) is 15.1 Å². The molecule has 3 aliphatic rings. The molecule has 0 aromatic rings. The molecule has 6 heteroatoms. The molecule has 1 aliphatic carbocycles. The molecular weight excluding hydrogens is 266 g/mol. The maximum atomic E-state index is 12.3. The fourth-order valence-corrected chi connectivity index (χ4v) is 3.72. The van der Waals surface area contributed by atoms with E-state index >= 15 is 0 Å². The van der Waals surface area contributed by atoms with Crippen LogP contribution in [0.25, 0.3) is 0 Å². The molecule has 114 valence electrons. The lowest BCUT2D eigenvalue weighted by molar-refractivity contribution is -0.124. The Morgan fingerprint density at radius 1 is 1.33 bits per heavy atom. The third kappa shape index (κ3) is 2.51. The Bertz CT molecular complexity index is 481. The Morgan fingerprint density at radius 3 is 2.57 bits per heavy atom. The Labute approximate surface area is 125 Å². The molecule has 2 heterocycles. The summed E-state index contributed by atoms with van der Waals surface area (Å²) >= 11 is 0. The first-order valence-corrected chi connectivity index (χ1v) is 7.96. The number of piperazine rings is 1. The average Bonchev–Trinajstić information content (AvgIpc) is 2.96. The van der Waals surface area contributed by atoms with Gasteiger partial charge in [-0.2, -0.15) is 5.26 Å². The standard InChI is InChI=1S/C15H23N5O/c1-2-19-7-9-20(10-8-19)14-17-13(21)12(11-16)15(18-14)5-3-4-6-15/h12H,2-10H2,1H3,(H,17,18,21)/t12-/m0/s1. The molecule has 21 heavy (non-hydrogen) atoms. The van der Waals surface area contributed by atoms with Crippen molar-refractivity contribution in [3.63, 3.8) is 0 Å². The average molecular weight is 289 g/mol. The number of likely N-dealkylation sites (N-methyl/N-ethyl adjacent to an activating group) is 1. The molecule has 2 aliphatic heterocycles. The number of carbonyl (C=O) groups is 1. The van der Waals surface area contributed by atoms with E-state index in [1.54, 1.807) is 0 Å². The molecular formula is C15H23N5O. The van der Waals surface area contributed by atoms with Gasteiger partial charge in [0.25, 0.3) is 0 Å². The van der Waals surface area contributed by atoms with Crippen molar-refractivity contribution in [3.8, 4) is 6.07 Å². The molecule has 2 fully saturated rings. The largest absolute Gasteiger partial charge is 0.340 e. The molecule has 0 unspecified atom stereocenters. The summed E-state index contributed by atoms with van der Waals surface area (Å²) in [4.78, 5) is 21.7. The number of guanidine groups is 1. The van der Waals surface area contributed by atoms with Crippen LogP contribution in [0.4, 0.5) is 0 Å². The van der Waals surface area contributed by atoms with Gasteiger partial charge in [0, 0.05) is 26.2 Å². The molecule has 1 saturated heterocycles. The predicted octanol–water partition coefficient (Wildman–Crippen LogP) is 0.562. The number of nitrogens with one attached hydrogen (secondary N) is 1. The molecule has 3 rings (SSSR count). The minimum absolute atomic E-state index is 0.165. The van der Waals surface area contributed by atoms with Crippen LogP contribution in [0.1, 0.15) is 32.6 Å². The van der Waals surface area contributed by atoms with E-state index < -0.39 is 11.5 Å². The van der Waals surface area contributed by atoms with E-state index in [1.807, 2.05) is 0 Å². The molecule has 1 atom stereocenters. The number of amides is 1. The second-order valence-electron chi connectivity index (χ2n) is 6.22. The lowest BCUT2D eigenvalue weighted by atomic mass is 9.82. The van der Waals surface area contributed by atoms with E-state index in [0.29, 0.717) is 5.96 Å². The number of aliphatic imine (C=N–C) groups is 1. The van der Waals surface area contributed by atoms with Gasteiger partial charge >= 0.3 is 0 Å². The number of nitrogens with zero attached hydrogens (tertiary/aromatic N) is 4. The van der Waals surface area contributed by atoms with Crippen molar-refractivity contribution in [3.05, 3.63) is 0 Å². The molecule has 1 spiro atoms. The predicted molar refractivity (Wildman–Crippen MR) is 79.6 cm³/mol. The highest BCUT2D eigenvalue weighted by molar-refractivity contribution is 6.02. The highest BCUT2D eigenvalue weighted by Crippen LogP contribution is 2.41. The van der Waals surface area contributed by atoms with Crippen LogP contribution in [0.3, 0.4) is 0 Å². The Kier molecular flexibility index (Phi) is 3.85. The topological polar surface area (TPSA) is 71.7 Å². The van der Waals surface area contributed by atoms with Crippen LogP contribution >= 0.6 is 0 Å². The van der Waals surface area contributed by atoms with Gasteiger partial charge in [0.1, 0.15) is 0 Å². The Morgan fingerprint density at radius 2 is 2.00 bits per heavy atom. The zero-order valence-corrected chi connectivity index (χ0v) is 12.6. The molecule has 1 amide bonds. The third-order valence-corrected chi connectivity index (χ3v) is 5.08. The third-order valence-electron chi connectivity index (χ3n) is 5.08. The lowest BCUT2D eigenvalue weighted by Crippen LogP contribution is -2.59. The summed E-state index contributed by atoms with van der Waals surface area (Å²) in [6.45, 7) is 7.01. The second-order valence-corrected chi connectivity index (χ2v) is 6.22. The summed E-state index contributed by atoms with van der Waals surface area (Å²) < 4.78 is 0. The van der Waals surface area contributed by atoms with Gasteiger partial charge in [0.2, 0.25) is 11.9 Å². The smallest absolute Gasteiger partial charge is 0.246 e. The van der Waals surface area contributed by atoms with Gasteiger partial charge in [-0.05, 0) is 19.4 Å². The molecule has 0 aromatic heterocycles. The minimum Gasteiger partial charge on any atom is -0.340 e. The molecule has 1 saturated carbocycles. The first-order valence-electron chi connectivity index (χ1n) is 7.96. The number of hydrogen-bond acceptors (Lipinski definition) is 5. The van der Waals surface area contributed by atoms with Crippen molar-refractivity contribution in [2.24, 2.45) is 10.9 Å². The van der Waals surface area contributed by atoms with Gasteiger partial charge in [-0.25, -0.2) is 4.99 Å². The quantitative estimate of drug-likeness (QED) is 0.766. The maximum absolute atomic E-state index is 12.3. The van der Waals surface area contributed by atoms with E-state index in [2.05, 4.69) is 28.1 Å². The van der Waals surface area contributed by atoms with E-state index in [1.165, 1.54) is 0 Å². The van der Waals surface area contributed by atoms with Gasteiger partial charge in [0.15, 0.2) is 5.92 Å². The van der Waals surface area contributed by atoms with Gasteiger partial charge < -0.3 is 9.80 Å².